The fourth-order valence-electron chi connectivity index (χ4n) is 1.53. The van der Waals surface area contributed by atoms with Gasteiger partial charge in [-0.2, -0.15) is 0 Å². The van der Waals surface area contributed by atoms with Crippen LogP contribution in [0.25, 0.3) is 6.08 Å². The highest BCUT2D eigenvalue weighted by Gasteiger charge is 2.00. The molecule has 18 heavy (non-hydrogen) atoms. The molecule has 0 amide bonds. The molecule has 0 spiro atoms. The lowest BCUT2D eigenvalue weighted by atomic mass is 10.1. The van der Waals surface area contributed by atoms with Crippen molar-refractivity contribution in [3.8, 4) is 5.75 Å². The zero-order valence-corrected chi connectivity index (χ0v) is 11.3. The maximum atomic E-state index is 9.81. The maximum absolute atomic E-state index is 9.81. The summed E-state index contributed by atoms with van der Waals surface area (Å²) in [7, 11) is 0. The summed E-state index contributed by atoms with van der Waals surface area (Å²) >= 11 is 0. The SMILES string of the molecule is CCC=CC(C=Cc1cccc(N)c1O)=C(C)C. The van der Waals surface area contributed by atoms with Gasteiger partial charge in [0.1, 0.15) is 5.75 Å². The molecule has 96 valence electrons. The first-order valence-corrected chi connectivity index (χ1v) is 6.15. The summed E-state index contributed by atoms with van der Waals surface area (Å²) in [5.74, 6) is 0.140. The molecule has 0 aromatic heterocycles. The molecule has 3 N–H and O–H groups in total. The molecule has 0 aliphatic heterocycles. The van der Waals surface area contributed by atoms with Gasteiger partial charge in [0.2, 0.25) is 0 Å². The Balaban J connectivity index is 3.01. The van der Waals surface area contributed by atoms with Crippen LogP contribution in [0.1, 0.15) is 32.8 Å². The number of nitrogen functional groups attached to an aromatic ring is 1. The number of hydrogen-bond donors (Lipinski definition) is 2. The second kappa shape index (κ2) is 6.70. The molecule has 2 heteroatoms. The number of aromatic hydroxyl groups is 1. The van der Waals surface area contributed by atoms with Crippen LogP contribution in [-0.4, -0.2) is 5.11 Å². The summed E-state index contributed by atoms with van der Waals surface area (Å²) in [6.45, 7) is 6.24. The number of anilines is 1. The largest absolute Gasteiger partial charge is 0.505 e. The molecule has 0 heterocycles. The normalized spacial score (nSPS) is 11.3. The Morgan fingerprint density at radius 2 is 2.00 bits per heavy atom. The molecular weight excluding hydrogens is 222 g/mol. The van der Waals surface area contributed by atoms with E-state index < -0.39 is 0 Å². The number of phenolic OH excluding ortho intramolecular Hbond substituents is 1. The van der Waals surface area contributed by atoms with Gasteiger partial charge in [-0.05, 0) is 31.9 Å². The van der Waals surface area contributed by atoms with E-state index in [1.165, 1.54) is 5.57 Å². The minimum absolute atomic E-state index is 0.140. The smallest absolute Gasteiger partial charge is 0.145 e. The Kier molecular flexibility index (Phi) is 5.25. The first-order chi connectivity index (χ1) is 8.56. The van der Waals surface area contributed by atoms with Crippen LogP contribution in [0.5, 0.6) is 5.75 Å². The highest BCUT2D eigenvalue weighted by molar-refractivity contribution is 5.68. The van der Waals surface area contributed by atoms with Gasteiger partial charge < -0.3 is 10.8 Å². The van der Waals surface area contributed by atoms with Gasteiger partial charge in [-0.25, -0.2) is 0 Å². The molecule has 1 rings (SSSR count). The molecule has 0 aliphatic rings. The summed E-state index contributed by atoms with van der Waals surface area (Å²) < 4.78 is 0. The number of phenols is 1. The second-order valence-electron chi connectivity index (χ2n) is 4.38. The van der Waals surface area contributed by atoms with Gasteiger partial charge in [0, 0.05) is 5.56 Å². The van der Waals surface area contributed by atoms with Crippen molar-refractivity contribution in [3.63, 3.8) is 0 Å². The number of allylic oxidation sites excluding steroid dienone is 5. The Bertz CT molecular complexity index is 492. The van der Waals surface area contributed by atoms with Crippen LogP contribution in [0.4, 0.5) is 5.69 Å². The summed E-state index contributed by atoms with van der Waals surface area (Å²) in [6, 6.07) is 5.36. The average molecular weight is 243 g/mol. The highest BCUT2D eigenvalue weighted by atomic mass is 16.3. The van der Waals surface area contributed by atoms with Gasteiger partial charge in [-0.15, -0.1) is 0 Å². The van der Waals surface area contributed by atoms with Gasteiger partial charge in [-0.1, -0.05) is 48.9 Å². The van der Waals surface area contributed by atoms with Crippen LogP contribution >= 0.6 is 0 Å². The summed E-state index contributed by atoms with van der Waals surface area (Å²) in [6.07, 6.45) is 9.10. The molecule has 0 bridgehead atoms. The van der Waals surface area contributed by atoms with Crippen molar-refractivity contribution in [2.24, 2.45) is 0 Å². The minimum Gasteiger partial charge on any atom is -0.505 e. The average Bonchev–Trinajstić information content (AvgIpc) is 2.33. The minimum atomic E-state index is 0.140. The maximum Gasteiger partial charge on any atom is 0.145 e. The van der Waals surface area contributed by atoms with Crippen molar-refractivity contribution in [3.05, 3.63) is 53.1 Å². The molecule has 0 fully saturated rings. The molecule has 0 saturated carbocycles. The van der Waals surface area contributed by atoms with Crippen LogP contribution in [0.3, 0.4) is 0 Å². The first kappa shape index (κ1) is 14.1. The van der Waals surface area contributed by atoms with Crippen molar-refractivity contribution in [2.75, 3.05) is 5.73 Å². The number of nitrogens with two attached hydrogens (primary N) is 1. The van der Waals surface area contributed by atoms with Gasteiger partial charge >= 0.3 is 0 Å². The van der Waals surface area contributed by atoms with Crippen LogP contribution < -0.4 is 5.73 Å². The molecule has 1 aromatic carbocycles. The summed E-state index contributed by atoms with van der Waals surface area (Å²) in [4.78, 5) is 0. The molecule has 0 saturated heterocycles. The zero-order valence-electron chi connectivity index (χ0n) is 11.3. The van der Waals surface area contributed by atoms with Crippen LogP contribution in [0.15, 0.2) is 47.6 Å². The quantitative estimate of drug-likeness (QED) is 0.471. The van der Waals surface area contributed by atoms with E-state index in [0.717, 1.165) is 17.6 Å². The lowest BCUT2D eigenvalue weighted by molar-refractivity contribution is 0.477. The summed E-state index contributed by atoms with van der Waals surface area (Å²) in [5, 5.41) is 9.81. The number of rotatable bonds is 4. The van der Waals surface area contributed by atoms with Gasteiger partial charge in [-0.3, -0.25) is 0 Å². The molecule has 0 unspecified atom stereocenters. The Labute approximate surface area is 109 Å². The second-order valence-corrected chi connectivity index (χ2v) is 4.38. The van der Waals surface area contributed by atoms with Gasteiger partial charge in [0.15, 0.2) is 0 Å². The van der Waals surface area contributed by atoms with Gasteiger partial charge in [0.25, 0.3) is 0 Å². The van der Waals surface area contributed by atoms with Crippen molar-refractivity contribution in [2.45, 2.75) is 27.2 Å². The molecule has 0 radical (unpaired) electrons. The van der Waals surface area contributed by atoms with E-state index in [1.54, 1.807) is 6.07 Å². The van der Waals surface area contributed by atoms with Crippen molar-refractivity contribution in [1.29, 1.82) is 0 Å². The first-order valence-electron chi connectivity index (χ1n) is 6.15. The third-order valence-corrected chi connectivity index (χ3v) is 2.65. The van der Waals surface area contributed by atoms with Crippen molar-refractivity contribution in [1.82, 2.24) is 0 Å². The van der Waals surface area contributed by atoms with E-state index in [1.807, 2.05) is 24.3 Å². The lowest BCUT2D eigenvalue weighted by Crippen LogP contribution is -1.86. The fourth-order valence-corrected chi connectivity index (χ4v) is 1.53. The van der Waals surface area contributed by atoms with Crippen molar-refractivity contribution < 1.29 is 5.11 Å². The van der Waals surface area contributed by atoms with E-state index in [0.29, 0.717) is 5.69 Å². The monoisotopic (exact) mass is 243 g/mol. The van der Waals surface area contributed by atoms with Crippen molar-refractivity contribution >= 4 is 11.8 Å². The predicted octanol–water partition coefficient (Wildman–Crippen LogP) is 4.29. The summed E-state index contributed by atoms with van der Waals surface area (Å²) in [5.41, 5.74) is 9.18. The van der Waals surface area contributed by atoms with Gasteiger partial charge in [0.05, 0.1) is 5.69 Å². The third-order valence-electron chi connectivity index (χ3n) is 2.65. The number of benzene rings is 1. The Hall–Kier alpha value is -1.96. The standard InChI is InChI=1S/C16H21NO/c1-4-5-7-13(12(2)3)10-11-14-8-6-9-15(17)16(14)18/h5-11,18H,4,17H2,1-3H3. The Morgan fingerprint density at radius 3 is 2.61 bits per heavy atom. The van der Waals surface area contributed by atoms with E-state index in [9.17, 15) is 5.11 Å². The number of para-hydroxylation sites is 1. The lowest BCUT2D eigenvalue weighted by Gasteiger charge is -2.03. The molecule has 0 atom stereocenters. The predicted molar refractivity (Wildman–Crippen MR) is 79.4 cm³/mol. The van der Waals surface area contributed by atoms with E-state index in [2.05, 4.69) is 32.9 Å². The van der Waals surface area contributed by atoms with E-state index in [4.69, 9.17) is 5.73 Å². The van der Waals surface area contributed by atoms with E-state index in [-0.39, 0.29) is 5.75 Å². The topological polar surface area (TPSA) is 46.2 Å². The molecule has 2 nitrogen and oxygen atoms in total. The van der Waals surface area contributed by atoms with Crippen LogP contribution in [0, 0.1) is 0 Å². The molecule has 1 aromatic rings. The Morgan fingerprint density at radius 1 is 1.28 bits per heavy atom. The third kappa shape index (κ3) is 3.81. The highest BCUT2D eigenvalue weighted by Crippen LogP contribution is 2.26. The van der Waals surface area contributed by atoms with Crippen LogP contribution in [0.2, 0.25) is 0 Å². The molecular formula is C16H21NO. The zero-order chi connectivity index (χ0) is 13.5. The number of hydrogen-bond acceptors (Lipinski definition) is 2. The fraction of sp³-hybridized carbons (Fsp3) is 0.250. The van der Waals surface area contributed by atoms with E-state index >= 15 is 0 Å². The molecule has 0 aliphatic carbocycles. The van der Waals surface area contributed by atoms with Crippen LogP contribution in [-0.2, 0) is 0 Å².